The van der Waals surface area contributed by atoms with E-state index >= 15 is 0 Å². The molecule has 1 aromatic carbocycles. The average Bonchev–Trinajstić information content (AvgIpc) is 2.60. The first-order valence-corrected chi connectivity index (χ1v) is 9.92. The zero-order valence-electron chi connectivity index (χ0n) is 16.1. The smallest absolute Gasteiger partial charge is 0.400 e. The minimum Gasteiger partial charge on any atom is -0.432 e. The summed E-state index contributed by atoms with van der Waals surface area (Å²) in [5, 5.41) is 0. The molecule has 1 aromatic rings. The molecule has 2 nitrogen and oxygen atoms in total. The lowest BCUT2D eigenvalue weighted by Gasteiger charge is -2.37. The van der Waals surface area contributed by atoms with Crippen molar-refractivity contribution in [1.29, 1.82) is 0 Å². The Balaban J connectivity index is 1.58. The fraction of sp³-hybridized carbons (Fsp3) is 0.682. The van der Waals surface area contributed by atoms with Crippen molar-refractivity contribution in [2.45, 2.75) is 78.2 Å². The molecule has 0 amide bonds. The molecule has 0 radical (unpaired) electrons. The van der Waals surface area contributed by atoms with Crippen LogP contribution in [0, 0.1) is 38.5 Å². The maximum Gasteiger partial charge on any atom is 0.400 e. The average molecular weight is 364 g/mol. The van der Waals surface area contributed by atoms with Gasteiger partial charge in [0.2, 0.25) is 0 Å². The van der Waals surface area contributed by atoms with E-state index in [4.69, 9.17) is 4.74 Å². The SMILES string of the molecule is Cc1cc(OC(F)(F)C2CCC(C3CCC(=O)CC3)CC2)cc(C)c1C. The van der Waals surface area contributed by atoms with Gasteiger partial charge in [-0.3, -0.25) is 4.79 Å². The molecule has 26 heavy (non-hydrogen) atoms. The Morgan fingerprint density at radius 3 is 1.92 bits per heavy atom. The number of hydrogen-bond acceptors (Lipinski definition) is 2. The van der Waals surface area contributed by atoms with Crippen LogP contribution >= 0.6 is 0 Å². The molecular formula is C22H30F2O2. The standard InChI is InChI=1S/C22H30F2O2/c1-14-12-21(13-15(2)16(14)3)26-22(23,24)19-8-4-17(5-9-19)18-6-10-20(25)11-7-18/h12-13,17-19H,4-11H2,1-3H3. The molecule has 0 heterocycles. The molecule has 144 valence electrons. The molecular weight excluding hydrogens is 334 g/mol. The predicted molar refractivity (Wildman–Crippen MR) is 98.6 cm³/mol. The summed E-state index contributed by atoms with van der Waals surface area (Å²) in [5.41, 5.74) is 3.07. The first-order chi connectivity index (χ1) is 12.3. The Morgan fingerprint density at radius 2 is 1.38 bits per heavy atom. The molecule has 0 unspecified atom stereocenters. The first kappa shape index (κ1) is 19.3. The Hall–Kier alpha value is -1.45. The van der Waals surface area contributed by atoms with Crippen LogP contribution in [0.3, 0.4) is 0 Å². The maximum atomic E-state index is 14.7. The van der Waals surface area contributed by atoms with E-state index in [-0.39, 0.29) is 5.75 Å². The molecule has 4 heteroatoms. The van der Waals surface area contributed by atoms with Gasteiger partial charge in [0.05, 0.1) is 5.92 Å². The number of carbonyl (C=O) groups is 1. The summed E-state index contributed by atoms with van der Waals surface area (Å²) in [6.45, 7) is 5.84. The molecule has 0 bridgehead atoms. The van der Waals surface area contributed by atoms with Crippen molar-refractivity contribution >= 4 is 5.78 Å². The lowest BCUT2D eigenvalue weighted by molar-refractivity contribution is -0.224. The van der Waals surface area contributed by atoms with Gasteiger partial charge in [-0.05, 0) is 100.0 Å². The zero-order valence-corrected chi connectivity index (χ0v) is 16.1. The highest BCUT2D eigenvalue weighted by Crippen LogP contribution is 2.44. The van der Waals surface area contributed by atoms with Crippen LogP contribution in [-0.4, -0.2) is 11.9 Å². The van der Waals surface area contributed by atoms with E-state index < -0.39 is 12.0 Å². The van der Waals surface area contributed by atoms with Gasteiger partial charge in [0.1, 0.15) is 11.5 Å². The summed E-state index contributed by atoms with van der Waals surface area (Å²) in [6.07, 6.45) is 2.79. The number of ketones is 1. The maximum absolute atomic E-state index is 14.7. The topological polar surface area (TPSA) is 26.3 Å². The monoisotopic (exact) mass is 364 g/mol. The van der Waals surface area contributed by atoms with E-state index in [9.17, 15) is 13.6 Å². The van der Waals surface area contributed by atoms with Gasteiger partial charge in [0.25, 0.3) is 0 Å². The molecule has 2 fully saturated rings. The van der Waals surface area contributed by atoms with Gasteiger partial charge in [0, 0.05) is 12.8 Å². The Morgan fingerprint density at radius 1 is 0.885 bits per heavy atom. The predicted octanol–water partition coefficient (Wildman–Crippen LogP) is 6.15. The van der Waals surface area contributed by atoms with Crippen LogP contribution in [0.4, 0.5) is 8.78 Å². The normalized spacial score (nSPS) is 25.3. The highest BCUT2D eigenvalue weighted by molar-refractivity contribution is 5.79. The second-order valence-electron chi connectivity index (χ2n) is 8.33. The van der Waals surface area contributed by atoms with Gasteiger partial charge in [0.15, 0.2) is 0 Å². The molecule has 2 aliphatic carbocycles. The van der Waals surface area contributed by atoms with E-state index in [1.165, 1.54) is 0 Å². The molecule has 0 N–H and O–H groups in total. The second kappa shape index (κ2) is 7.66. The minimum atomic E-state index is -3.12. The Bertz CT molecular complexity index is 627. The number of carbonyl (C=O) groups excluding carboxylic acids is 1. The van der Waals surface area contributed by atoms with Crippen LogP contribution in [0.1, 0.15) is 68.1 Å². The lowest BCUT2D eigenvalue weighted by atomic mass is 9.70. The van der Waals surface area contributed by atoms with E-state index in [1.54, 1.807) is 12.1 Å². The van der Waals surface area contributed by atoms with Gasteiger partial charge >= 0.3 is 6.11 Å². The van der Waals surface area contributed by atoms with Crippen molar-refractivity contribution in [1.82, 2.24) is 0 Å². The highest BCUT2D eigenvalue weighted by atomic mass is 19.3. The van der Waals surface area contributed by atoms with Crippen molar-refractivity contribution in [3.8, 4) is 5.75 Å². The quantitative estimate of drug-likeness (QED) is 0.640. The van der Waals surface area contributed by atoms with Crippen molar-refractivity contribution < 1.29 is 18.3 Å². The van der Waals surface area contributed by atoms with Gasteiger partial charge < -0.3 is 4.74 Å². The largest absolute Gasteiger partial charge is 0.432 e. The van der Waals surface area contributed by atoms with E-state index in [0.717, 1.165) is 42.4 Å². The Kier molecular flexibility index (Phi) is 5.69. The van der Waals surface area contributed by atoms with Crippen molar-refractivity contribution in [2.24, 2.45) is 17.8 Å². The minimum absolute atomic E-state index is 0.267. The summed E-state index contributed by atoms with van der Waals surface area (Å²) >= 11 is 0. The van der Waals surface area contributed by atoms with Crippen LogP contribution in [0.5, 0.6) is 5.75 Å². The number of aryl methyl sites for hydroxylation is 2. The van der Waals surface area contributed by atoms with Gasteiger partial charge in [-0.25, -0.2) is 0 Å². The molecule has 0 atom stereocenters. The molecule has 3 rings (SSSR count). The van der Waals surface area contributed by atoms with Gasteiger partial charge in [-0.2, -0.15) is 8.78 Å². The molecule has 2 saturated carbocycles. The van der Waals surface area contributed by atoms with E-state index in [1.807, 2.05) is 20.8 Å². The van der Waals surface area contributed by atoms with Crippen molar-refractivity contribution in [2.75, 3.05) is 0 Å². The third-order valence-electron chi connectivity index (χ3n) is 6.66. The van der Waals surface area contributed by atoms with Crippen molar-refractivity contribution in [3.05, 3.63) is 28.8 Å². The fourth-order valence-corrected chi connectivity index (χ4v) is 4.66. The third-order valence-corrected chi connectivity index (χ3v) is 6.66. The number of Topliss-reactive ketones (excluding diaryl/α,β-unsaturated/α-hetero) is 1. The first-order valence-electron chi connectivity index (χ1n) is 9.92. The van der Waals surface area contributed by atoms with Crippen LogP contribution in [0.15, 0.2) is 12.1 Å². The fourth-order valence-electron chi connectivity index (χ4n) is 4.66. The molecule has 0 saturated heterocycles. The van der Waals surface area contributed by atoms with E-state index in [2.05, 4.69) is 0 Å². The van der Waals surface area contributed by atoms with Crippen LogP contribution in [0.2, 0.25) is 0 Å². The number of halogens is 2. The van der Waals surface area contributed by atoms with Crippen LogP contribution in [-0.2, 0) is 4.79 Å². The van der Waals surface area contributed by atoms with Crippen LogP contribution < -0.4 is 4.74 Å². The van der Waals surface area contributed by atoms with Gasteiger partial charge in [-0.15, -0.1) is 0 Å². The summed E-state index contributed by atoms with van der Waals surface area (Å²) in [7, 11) is 0. The molecule has 2 aliphatic rings. The molecule has 0 aromatic heterocycles. The van der Waals surface area contributed by atoms with Gasteiger partial charge in [-0.1, -0.05) is 0 Å². The number of ether oxygens (including phenoxy) is 1. The van der Waals surface area contributed by atoms with Crippen molar-refractivity contribution in [3.63, 3.8) is 0 Å². The molecule has 0 spiro atoms. The summed E-state index contributed by atoms with van der Waals surface area (Å²) in [6, 6.07) is 3.42. The number of hydrogen-bond donors (Lipinski definition) is 0. The summed E-state index contributed by atoms with van der Waals surface area (Å²) in [4.78, 5) is 11.4. The third kappa shape index (κ3) is 4.27. The summed E-state index contributed by atoms with van der Waals surface area (Å²) in [5.74, 6) is 0.956. The van der Waals surface area contributed by atoms with E-state index in [0.29, 0.717) is 43.3 Å². The second-order valence-corrected chi connectivity index (χ2v) is 8.33. The highest BCUT2D eigenvalue weighted by Gasteiger charge is 2.45. The lowest BCUT2D eigenvalue weighted by Crippen LogP contribution is -2.38. The number of alkyl halides is 2. The number of rotatable bonds is 4. The van der Waals surface area contributed by atoms with Crippen LogP contribution in [0.25, 0.3) is 0 Å². The number of benzene rings is 1. The zero-order chi connectivity index (χ0) is 18.9. The summed E-state index contributed by atoms with van der Waals surface area (Å²) < 4.78 is 34.6. The molecule has 0 aliphatic heterocycles. The Labute approximate surface area is 155 Å².